The number of ether oxygens (including phenoxy) is 1. The lowest BCUT2D eigenvalue weighted by Gasteiger charge is -2.12. The van der Waals surface area contributed by atoms with E-state index >= 15 is 0 Å². The molecule has 2 aromatic rings. The highest BCUT2D eigenvalue weighted by atomic mass is 35.5. The highest BCUT2D eigenvalue weighted by Crippen LogP contribution is 2.37. The highest BCUT2D eigenvalue weighted by Gasteiger charge is 2.12. The fourth-order valence-electron chi connectivity index (χ4n) is 1.63. The van der Waals surface area contributed by atoms with Crippen molar-refractivity contribution in [3.63, 3.8) is 0 Å². The third kappa shape index (κ3) is 3.53. The van der Waals surface area contributed by atoms with Gasteiger partial charge in [-0.2, -0.15) is 0 Å². The Morgan fingerprint density at radius 3 is 2.33 bits per heavy atom. The Hall–Kier alpha value is -1.62. The topological polar surface area (TPSA) is 64.3 Å². The lowest BCUT2D eigenvalue weighted by atomic mass is 10.2. The zero-order chi connectivity index (χ0) is 15.6. The van der Waals surface area contributed by atoms with Gasteiger partial charge < -0.3 is 15.8 Å². The van der Waals surface area contributed by atoms with Gasteiger partial charge >= 0.3 is 0 Å². The maximum Gasteiger partial charge on any atom is 0.251 e. The molecule has 3 N–H and O–H groups in total. The second-order valence-corrected chi connectivity index (χ2v) is 5.35. The molecule has 110 valence electrons. The minimum absolute atomic E-state index is 0.235. The lowest BCUT2D eigenvalue weighted by molar-refractivity contribution is 0.0963. The SMILES string of the molecule is CNC(=O)c1ccc(Oc2cc(Cl)c(Cl)cc2Cl)c(N)c1. The average Bonchev–Trinajstić information content (AvgIpc) is 2.45. The number of hydrogen-bond donors (Lipinski definition) is 2. The predicted octanol–water partition coefficient (Wildman–Crippen LogP) is 4.38. The van der Waals surface area contributed by atoms with E-state index in [1.807, 2.05) is 0 Å². The first-order valence-electron chi connectivity index (χ1n) is 5.86. The molecule has 0 spiro atoms. The lowest BCUT2D eigenvalue weighted by Crippen LogP contribution is -2.17. The van der Waals surface area contributed by atoms with Crippen LogP contribution in [0.3, 0.4) is 0 Å². The summed E-state index contributed by atoms with van der Waals surface area (Å²) >= 11 is 17.8. The molecule has 0 aliphatic carbocycles. The highest BCUT2D eigenvalue weighted by molar-refractivity contribution is 6.43. The number of nitrogens with one attached hydrogen (secondary N) is 1. The third-order valence-corrected chi connectivity index (χ3v) is 3.71. The van der Waals surface area contributed by atoms with Gasteiger partial charge in [0.25, 0.3) is 5.91 Å². The first-order valence-corrected chi connectivity index (χ1v) is 6.99. The van der Waals surface area contributed by atoms with Crippen molar-refractivity contribution in [1.29, 1.82) is 0 Å². The van der Waals surface area contributed by atoms with Crippen LogP contribution in [0.25, 0.3) is 0 Å². The van der Waals surface area contributed by atoms with Gasteiger partial charge in [-0.1, -0.05) is 34.8 Å². The second-order valence-electron chi connectivity index (χ2n) is 4.13. The van der Waals surface area contributed by atoms with Crippen molar-refractivity contribution in [3.05, 3.63) is 51.0 Å². The maximum absolute atomic E-state index is 11.5. The number of hydrogen-bond acceptors (Lipinski definition) is 3. The van der Waals surface area contributed by atoms with E-state index in [0.29, 0.717) is 37.8 Å². The van der Waals surface area contributed by atoms with Gasteiger partial charge in [-0.15, -0.1) is 0 Å². The quantitative estimate of drug-likeness (QED) is 0.641. The largest absolute Gasteiger partial charge is 0.454 e. The number of nitrogen functional groups attached to an aromatic ring is 1. The van der Waals surface area contributed by atoms with Crippen molar-refractivity contribution in [2.45, 2.75) is 0 Å². The van der Waals surface area contributed by atoms with E-state index in [9.17, 15) is 4.79 Å². The first-order chi connectivity index (χ1) is 9.92. The van der Waals surface area contributed by atoms with Crippen LogP contribution in [0.5, 0.6) is 11.5 Å². The number of amides is 1. The van der Waals surface area contributed by atoms with Crippen molar-refractivity contribution in [1.82, 2.24) is 5.32 Å². The van der Waals surface area contributed by atoms with E-state index < -0.39 is 0 Å². The molecule has 0 saturated carbocycles. The van der Waals surface area contributed by atoms with Crippen LogP contribution in [0.15, 0.2) is 30.3 Å². The van der Waals surface area contributed by atoms with Gasteiger partial charge in [0.15, 0.2) is 0 Å². The number of nitrogens with two attached hydrogens (primary N) is 1. The molecule has 0 unspecified atom stereocenters. The summed E-state index contributed by atoms with van der Waals surface area (Å²) < 4.78 is 5.61. The predicted molar refractivity (Wildman–Crippen MR) is 85.8 cm³/mol. The molecule has 2 aromatic carbocycles. The third-order valence-electron chi connectivity index (χ3n) is 2.69. The molecular formula is C14H11Cl3N2O2. The minimum Gasteiger partial charge on any atom is -0.454 e. The summed E-state index contributed by atoms with van der Waals surface area (Å²) in [6.07, 6.45) is 0. The van der Waals surface area contributed by atoms with E-state index in [1.165, 1.54) is 18.2 Å². The van der Waals surface area contributed by atoms with Crippen LogP contribution in [0.4, 0.5) is 5.69 Å². The van der Waals surface area contributed by atoms with Crippen LogP contribution in [-0.2, 0) is 0 Å². The van der Waals surface area contributed by atoms with E-state index in [-0.39, 0.29) is 5.91 Å². The Morgan fingerprint density at radius 2 is 1.71 bits per heavy atom. The van der Waals surface area contributed by atoms with Crippen molar-refractivity contribution in [2.75, 3.05) is 12.8 Å². The number of carbonyl (C=O) groups is 1. The minimum atomic E-state index is -0.235. The average molecular weight is 346 g/mol. The van der Waals surface area contributed by atoms with Crippen LogP contribution < -0.4 is 15.8 Å². The monoisotopic (exact) mass is 344 g/mol. The number of benzene rings is 2. The molecule has 0 aliphatic rings. The molecule has 0 bridgehead atoms. The fraction of sp³-hybridized carbons (Fsp3) is 0.0714. The van der Waals surface area contributed by atoms with Gasteiger partial charge in [0.1, 0.15) is 11.5 Å². The molecule has 0 heterocycles. The van der Waals surface area contributed by atoms with Gasteiger partial charge in [-0.3, -0.25) is 4.79 Å². The van der Waals surface area contributed by atoms with E-state index in [1.54, 1.807) is 19.2 Å². The maximum atomic E-state index is 11.5. The Morgan fingerprint density at radius 1 is 1.05 bits per heavy atom. The number of carbonyl (C=O) groups excluding carboxylic acids is 1. The summed E-state index contributed by atoms with van der Waals surface area (Å²) in [5.74, 6) is 0.453. The van der Waals surface area contributed by atoms with Crippen molar-refractivity contribution in [3.8, 4) is 11.5 Å². The van der Waals surface area contributed by atoms with Crippen molar-refractivity contribution in [2.24, 2.45) is 0 Å². The number of halogens is 3. The van der Waals surface area contributed by atoms with Gasteiger partial charge in [-0.25, -0.2) is 0 Å². The fourth-order valence-corrected chi connectivity index (χ4v) is 2.20. The summed E-state index contributed by atoms with van der Waals surface area (Å²) in [5, 5.41) is 3.46. The Kier molecular flexibility index (Phi) is 4.83. The first kappa shape index (κ1) is 15.8. The van der Waals surface area contributed by atoms with Crippen LogP contribution in [-0.4, -0.2) is 13.0 Å². The van der Waals surface area contributed by atoms with Crippen LogP contribution in [0, 0.1) is 0 Å². The molecular weight excluding hydrogens is 335 g/mol. The zero-order valence-electron chi connectivity index (χ0n) is 10.9. The zero-order valence-corrected chi connectivity index (χ0v) is 13.2. The summed E-state index contributed by atoms with van der Waals surface area (Å²) in [6, 6.07) is 7.67. The van der Waals surface area contributed by atoms with Crippen LogP contribution in [0.2, 0.25) is 15.1 Å². The Labute approximate surface area is 136 Å². The molecule has 0 atom stereocenters. The molecule has 7 heteroatoms. The standard InChI is InChI=1S/C14H11Cl3N2O2/c1-19-14(20)7-2-3-12(11(18)4-7)21-13-6-9(16)8(15)5-10(13)17/h2-6H,18H2,1H3,(H,19,20). The normalized spacial score (nSPS) is 10.3. The Balaban J connectivity index is 2.32. The summed E-state index contributed by atoms with van der Waals surface area (Å²) in [4.78, 5) is 11.5. The summed E-state index contributed by atoms with van der Waals surface area (Å²) in [7, 11) is 1.54. The van der Waals surface area contributed by atoms with Gasteiger partial charge in [0.05, 0.1) is 20.8 Å². The molecule has 4 nitrogen and oxygen atoms in total. The van der Waals surface area contributed by atoms with Gasteiger partial charge in [0, 0.05) is 18.7 Å². The van der Waals surface area contributed by atoms with Crippen molar-refractivity contribution < 1.29 is 9.53 Å². The molecule has 21 heavy (non-hydrogen) atoms. The Bertz CT molecular complexity index is 705. The van der Waals surface area contributed by atoms with Crippen LogP contribution >= 0.6 is 34.8 Å². The van der Waals surface area contributed by atoms with Crippen LogP contribution in [0.1, 0.15) is 10.4 Å². The van der Waals surface area contributed by atoms with Gasteiger partial charge in [0.2, 0.25) is 0 Å². The smallest absolute Gasteiger partial charge is 0.251 e. The molecule has 1 amide bonds. The molecule has 2 rings (SSSR count). The summed E-state index contributed by atoms with van der Waals surface area (Å²) in [5.41, 5.74) is 6.61. The van der Waals surface area contributed by atoms with Crippen molar-refractivity contribution >= 4 is 46.4 Å². The van der Waals surface area contributed by atoms with E-state index in [2.05, 4.69) is 5.32 Å². The molecule has 0 radical (unpaired) electrons. The molecule has 0 aromatic heterocycles. The number of rotatable bonds is 3. The molecule has 0 saturated heterocycles. The summed E-state index contributed by atoms with van der Waals surface area (Å²) in [6.45, 7) is 0. The van der Waals surface area contributed by atoms with E-state index in [4.69, 9.17) is 45.3 Å². The van der Waals surface area contributed by atoms with Gasteiger partial charge in [-0.05, 0) is 24.3 Å². The second kappa shape index (κ2) is 6.43. The van der Waals surface area contributed by atoms with E-state index in [0.717, 1.165) is 0 Å². The number of anilines is 1. The molecule has 0 fully saturated rings. The molecule has 0 aliphatic heterocycles.